The fourth-order valence-corrected chi connectivity index (χ4v) is 3.23. The normalized spacial score (nSPS) is 12.6. The average molecular weight is 497 g/mol. The number of anilines is 2. The molecule has 0 radical (unpaired) electrons. The fraction of sp³-hybridized carbons (Fsp3) is 0.261. The Morgan fingerprint density at radius 1 is 0.944 bits per heavy atom. The van der Waals surface area contributed by atoms with E-state index in [4.69, 9.17) is 4.74 Å². The zero-order valence-corrected chi connectivity index (χ0v) is 19.6. The van der Waals surface area contributed by atoms with Crippen molar-refractivity contribution in [3.8, 4) is 0 Å². The Morgan fingerprint density at radius 2 is 1.53 bits per heavy atom. The van der Waals surface area contributed by atoms with E-state index in [0.29, 0.717) is 4.90 Å². The van der Waals surface area contributed by atoms with Gasteiger partial charge in [-0.15, -0.1) is 0 Å². The van der Waals surface area contributed by atoms with Gasteiger partial charge in [-0.25, -0.2) is 4.79 Å². The summed E-state index contributed by atoms with van der Waals surface area (Å²) in [6, 6.07) is 9.44. The van der Waals surface area contributed by atoms with E-state index in [-0.39, 0.29) is 28.2 Å². The first-order chi connectivity index (χ1) is 16.9. The van der Waals surface area contributed by atoms with Crippen LogP contribution >= 0.6 is 0 Å². The Labute approximate surface area is 204 Å². The number of nitro groups is 1. The summed E-state index contributed by atoms with van der Waals surface area (Å²) in [5, 5.41) is 18.3. The van der Waals surface area contributed by atoms with E-state index in [0.717, 1.165) is 12.1 Å². The Bertz CT molecular complexity index is 1270. The number of hydrogen-bond donors (Lipinski definition) is 3. The number of fused-ring (bicyclic) bond motifs is 1. The minimum atomic E-state index is -0.830. The lowest BCUT2D eigenvalue weighted by atomic mass is 10.1. The lowest BCUT2D eigenvalue weighted by Gasteiger charge is -2.19. The van der Waals surface area contributed by atoms with E-state index in [1.807, 2.05) is 0 Å². The average Bonchev–Trinajstić information content (AvgIpc) is 3.02. The van der Waals surface area contributed by atoms with Gasteiger partial charge in [0, 0.05) is 12.1 Å². The zero-order chi connectivity index (χ0) is 26.6. The lowest BCUT2D eigenvalue weighted by Crippen LogP contribution is -2.38. The molecule has 1 heterocycles. The van der Waals surface area contributed by atoms with Crippen LogP contribution in [0.1, 0.15) is 41.5 Å². The highest BCUT2D eigenvalue weighted by molar-refractivity contribution is 6.23. The predicted octanol–water partition coefficient (Wildman–Crippen LogP) is 2.29. The van der Waals surface area contributed by atoms with Crippen LogP contribution in [0.25, 0.3) is 0 Å². The van der Waals surface area contributed by atoms with Crippen molar-refractivity contribution in [2.45, 2.75) is 26.4 Å². The van der Waals surface area contributed by atoms with Crippen molar-refractivity contribution < 1.29 is 33.6 Å². The van der Waals surface area contributed by atoms with Crippen LogP contribution in [0.4, 0.5) is 21.9 Å². The number of nitrogens with zero attached hydrogens (tertiary/aromatic N) is 2. The van der Waals surface area contributed by atoms with Crippen LogP contribution in [-0.2, 0) is 14.3 Å². The highest BCUT2D eigenvalue weighted by Crippen LogP contribution is 2.27. The molecule has 0 saturated heterocycles. The van der Waals surface area contributed by atoms with Gasteiger partial charge in [-0.1, -0.05) is 12.1 Å². The van der Waals surface area contributed by atoms with Crippen LogP contribution in [0.2, 0.25) is 0 Å². The molecule has 0 atom stereocenters. The molecule has 2 aromatic carbocycles. The van der Waals surface area contributed by atoms with Crippen molar-refractivity contribution in [1.82, 2.24) is 10.2 Å². The predicted molar refractivity (Wildman–Crippen MR) is 126 cm³/mol. The van der Waals surface area contributed by atoms with Crippen LogP contribution in [0, 0.1) is 10.1 Å². The number of amides is 5. The van der Waals surface area contributed by atoms with E-state index in [1.54, 1.807) is 32.9 Å². The maximum absolute atomic E-state index is 12.6. The molecular formula is C23H23N5O8. The third kappa shape index (κ3) is 6.20. The molecule has 1 aliphatic heterocycles. The summed E-state index contributed by atoms with van der Waals surface area (Å²) in [6.07, 6.45) is -0.773. The van der Waals surface area contributed by atoms with Crippen molar-refractivity contribution in [1.29, 1.82) is 0 Å². The Hall–Kier alpha value is -4.81. The number of carbonyl (C=O) groups is 5. The van der Waals surface area contributed by atoms with E-state index in [1.165, 1.54) is 18.2 Å². The minimum Gasteiger partial charge on any atom is -0.444 e. The summed E-state index contributed by atoms with van der Waals surface area (Å²) in [5.74, 6) is -2.92. The smallest absolute Gasteiger partial charge is 0.408 e. The lowest BCUT2D eigenvalue weighted by molar-refractivity contribution is -0.384. The SMILES string of the molecule is CC(C)(C)OC(=O)NCC(=O)Nc1ccccc1NC(=O)CN1C(=O)c2ccc([N+](=O)[O-])cc2C1=O. The highest BCUT2D eigenvalue weighted by Gasteiger charge is 2.37. The highest BCUT2D eigenvalue weighted by atomic mass is 16.6. The standard InChI is InChI=1S/C23H23N5O8/c1-23(2,3)36-22(33)24-11-18(29)25-16-6-4-5-7-17(16)26-19(30)12-27-20(31)14-9-8-13(28(34)35)10-15(14)21(27)32/h4-10H,11-12H2,1-3H3,(H,24,33)(H,25,29)(H,26,30). The summed E-state index contributed by atoms with van der Waals surface area (Å²) in [7, 11) is 0. The summed E-state index contributed by atoms with van der Waals surface area (Å²) in [6.45, 7) is 3.99. The molecule has 1 aliphatic rings. The second-order valence-electron chi connectivity index (χ2n) is 8.68. The molecule has 0 fully saturated rings. The van der Waals surface area contributed by atoms with Gasteiger partial charge < -0.3 is 20.7 Å². The molecule has 2 aromatic rings. The number of alkyl carbamates (subject to hydrolysis) is 1. The molecular weight excluding hydrogens is 474 g/mol. The second kappa shape index (κ2) is 10.2. The van der Waals surface area contributed by atoms with Gasteiger partial charge in [0.05, 0.1) is 27.4 Å². The fourth-order valence-electron chi connectivity index (χ4n) is 3.23. The minimum absolute atomic E-state index is 0.0384. The number of imide groups is 1. The molecule has 188 valence electrons. The second-order valence-corrected chi connectivity index (χ2v) is 8.68. The Balaban J connectivity index is 1.62. The van der Waals surface area contributed by atoms with Crippen molar-refractivity contribution >= 4 is 46.8 Å². The molecule has 5 amide bonds. The van der Waals surface area contributed by atoms with Gasteiger partial charge in [0.2, 0.25) is 11.8 Å². The van der Waals surface area contributed by atoms with E-state index in [2.05, 4.69) is 16.0 Å². The molecule has 3 rings (SSSR count). The summed E-state index contributed by atoms with van der Waals surface area (Å²) in [5.41, 5.74) is -0.894. The Kier molecular flexibility index (Phi) is 7.32. The van der Waals surface area contributed by atoms with Gasteiger partial charge in [-0.3, -0.25) is 34.2 Å². The number of rotatable bonds is 7. The molecule has 0 aliphatic carbocycles. The first kappa shape index (κ1) is 25.8. The largest absolute Gasteiger partial charge is 0.444 e. The number of para-hydroxylation sites is 2. The number of nitro benzene ring substituents is 1. The molecule has 36 heavy (non-hydrogen) atoms. The van der Waals surface area contributed by atoms with Crippen LogP contribution in [0.5, 0.6) is 0 Å². The van der Waals surface area contributed by atoms with Gasteiger partial charge in [0.1, 0.15) is 18.7 Å². The number of carbonyl (C=O) groups excluding carboxylic acids is 5. The molecule has 0 unspecified atom stereocenters. The topological polar surface area (TPSA) is 177 Å². The van der Waals surface area contributed by atoms with Crippen molar-refractivity contribution in [3.05, 3.63) is 63.7 Å². The molecule has 0 spiro atoms. The van der Waals surface area contributed by atoms with Crippen LogP contribution in [0.3, 0.4) is 0 Å². The van der Waals surface area contributed by atoms with Gasteiger partial charge >= 0.3 is 6.09 Å². The van der Waals surface area contributed by atoms with Gasteiger partial charge in [0.25, 0.3) is 17.5 Å². The van der Waals surface area contributed by atoms with E-state index >= 15 is 0 Å². The Morgan fingerprint density at radius 3 is 2.11 bits per heavy atom. The van der Waals surface area contributed by atoms with Crippen molar-refractivity contribution in [2.75, 3.05) is 23.7 Å². The molecule has 0 aromatic heterocycles. The number of benzene rings is 2. The molecule has 13 nitrogen and oxygen atoms in total. The van der Waals surface area contributed by atoms with Crippen LogP contribution < -0.4 is 16.0 Å². The zero-order valence-electron chi connectivity index (χ0n) is 19.6. The third-order valence-electron chi connectivity index (χ3n) is 4.73. The molecule has 13 heteroatoms. The van der Waals surface area contributed by atoms with E-state index in [9.17, 15) is 34.1 Å². The third-order valence-corrected chi connectivity index (χ3v) is 4.73. The van der Waals surface area contributed by atoms with Crippen molar-refractivity contribution in [3.63, 3.8) is 0 Å². The van der Waals surface area contributed by atoms with E-state index < -0.39 is 53.3 Å². The molecule has 3 N–H and O–H groups in total. The summed E-state index contributed by atoms with van der Waals surface area (Å²) >= 11 is 0. The monoisotopic (exact) mass is 497 g/mol. The molecule has 0 saturated carbocycles. The first-order valence-corrected chi connectivity index (χ1v) is 10.7. The number of nitrogens with one attached hydrogen (secondary N) is 3. The van der Waals surface area contributed by atoms with Gasteiger partial charge in [-0.2, -0.15) is 0 Å². The quantitative estimate of drug-likeness (QED) is 0.296. The summed E-state index contributed by atoms with van der Waals surface area (Å²) in [4.78, 5) is 72.7. The number of ether oxygens (including phenoxy) is 1. The number of hydrogen-bond acceptors (Lipinski definition) is 8. The maximum atomic E-state index is 12.6. The van der Waals surface area contributed by atoms with Crippen LogP contribution in [0.15, 0.2) is 42.5 Å². The number of non-ortho nitro benzene ring substituents is 1. The van der Waals surface area contributed by atoms with Crippen molar-refractivity contribution in [2.24, 2.45) is 0 Å². The first-order valence-electron chi connectivity index (χ1n) is 10.7. The summed E-state index contributed by atoms with van der Waals surface area (Å²) < 4.78 is 5.06. The van der Waals surface area contributed by atoms with Crippen LogP contribution in [-0.4, -0.2) is 58.2 Å². The molecule has 0 bridgehead atoms. The van der Waals surface area contributed by atoms with Gasteiger partial charge in [-0.05, 0) is 39.0 Å². The maximum Gasteiger partial charge on any atom is 0.408 e. The van der Waals surface area contributed by atoms with Gasteiger partial charge in [0.15, 0.2) is 0 Å².